The molecule has 1 unspecified atom stereocenters. The molecule has 278 valence electrons. The number of amides is 5. The van der Waals surface area contributed by atoms with Crippen LogP contribution in [0.2, 0.25) is 0 Å². The van der Waals surface area contributed by atoms with Crippen molar-refractivity contribution in [3.8, 4) is 0 Å². The highest BCUT2D eigenvalue weighted by atomic mass is 16.5. The maximum Gasteiger partial charge on any atom is 0.407 e. The summed E-state index contributed by atoms with van der Waals surface area (Å²) in [5, 5.41) is 22.4. The van der Waals surface area contributed by atoms with Crippen LogP contribution >= 0.6 is 0 Å². The lowest BCUT2D eigenvalue weighted by atomic mass is 9.83. The Labute approximate surface area is 290 Å². The summed E-state index contributed by atoms with van der Waals surface area (Å²) in [5.41, 5.74) is 0. The van der Waals surface area contributed by atoms with Gasteiger partial charge in [0.1, 0.15) is 18.1 Å². The largest absolute Gasteiger partial charge is 0.480 e. The van der Waals surface area contributed by atoms with E-state index in [1.165, 1.54) is 0 Å². The molecule has 14 heteroatoms. The number of ketones is 1. The second kappa shape index (κ2) is 20.7. The summed E-state index contributed by atoms with van der Waals surface area (Å²) in [6.45, 7) is 10.8. The van der Waals surface area contributed by atoms with E-state index in [2.05, 4.69) is 26.6 Å². The van der Waals surface area contributed by atoms with Gasteiger partial charge in [-0.2, -0.15) is 0 Å². The summed E-state index contributed by atoms with van der Waals surface area (Å²) < 4.78 is 5.28. The van der Waals surface area contributed by atoms with Crippen molar-refractivity contribution in [3.05, 3.63) is 0 Å². The van der Waals surface area contributed by atoms with Crippen molar-refractivity contribution in [2.24, 2.45) is 29.6 Å². The van der Waals surface area contributed by atoms with Gasteiger partial charge in [-0.25, -0.2) is 9.59 Å². The molecule has 6 N–H and O–H groups in total. The zero-order valence-corrected chi connectivity index (χ0v) is 30.1. The summed E-state index contributed by atoms with van der Waals surface area (Å²) in [6.07, 6.45) is 7.09. The van der Waals surface area contributed by atoms with E-state index in [9.17, 15) is 38.7 Å². The van der Waals surface area contributed by atoms with Crippen molar-refractivity contribution in [2.75, 3.05) is 13.2 Å². The molecule has 14 nitrogen and oxygen atoms in total. The quantitative estimate of drug-likeness (QED) is 0.110. The number of hydrogen-bond donors (Lipinski definition) is 6. The minimum atomic E-state index is -1.24. The Morgan fingerprint density at radius 1 is 0.633 bits per heavy atom. The summed E-state index contributed by atoms with van der Waals surface area (Å²) in [5.74, 6) is -5.51. The van der Waals surface area contributed by atoms with E-state index in [0.717, 1.165) is 44.9 Å². The second-order valence-electron chi connectivity index (χ2n) is 14.9. The first-order valence-corrected chi connectivity index (χ1v) is 18.0. The van der Waals surface area contributed by atoms with Crippen molar-refractivity contribution in [1.82, 2.24) is 26.6 Å². The van der Waals surface area contributed by atoms with Gasteiger partial charge in [-0.3, -0.25) is 24.0 Å². The Balaban J connectivity index is 2.12. The molecule has 0 bridgehead atoms. The van der Waals surface area contributed by atoms with E-state index in [4.69, 9.17) is 4.74 Å². The number of ether oxygens (including phenoxy) is 1. The zero-order chi connectivity index (χ0) is 36.7. The molecule has 2 aliphatic carbocycles. The standard InChI is InChI=1S/C35H59N5O9/c1-20(2)16-25(30(42)33(45)36-18-27(41)39-29(34(46)47)24-14-10-11-15-24)37-31(43)26(17-21(3)4)38-32(44)28(23-12-8-7-9-13-23)40-35(48)49-19-22(5)6/h20-26,28-29H,7-19H2,1-6H3,(H,36,45)(H,37,43)(H,38,44)(H,39,41)(H,40,48)(H,46,47)/t25?,26-,28-,29-/m0/s1. The third-order valence-electron chi connectivity index (χ3n) is 8.99. The lowest BCUT2D eigenvalue weighted by Crippen LogP contribution is -2.58. The SMILES string of the molecule is CC(C)COC(=O)N[C@H](C(=O)N[C@@H](CC(C)C)C(=O)NC(CC(C)C)C(=O)C(=O)NCC(=O)N[C@H](C(=O)O)C1CCCC1)C1CCCCC1. The van der Waals surface area contributed by atoms with Crippen LogP contribution in [-0.4, -0.2) is 83.9 Å². The number of carboxylic acid groups (broad SMARTS) is 1. The molecule has 0 saturated heterocycles. The molecular formula is C35H59N5O9. The van der Waals surface area contributed by atoms with E-state index < -0.39 is 72.2 Å². The zero-order valence-electron chi connectivity index (χ0n) is 30.1. The van der Waals surface area contributed by atoms with Crippen LogP contribution in [0.4, 0.5) is 4.79 Å². The minimum absolute atomic E-state index is 0.0342. The average Bonchev–Trinajstić information content (AvgIpc) is 3.57. The monoisotopic (exact) mass is 693 g/mol. The molecule has 2 fully saturated rings. The number of alkyl carbamates (subject to hydrolysis) is 1. The van der Waals surface area contributed by atoms with Gasteiger partial charge >= 0.3 is 12.1 Å². The van der Waals surface area contributed by atoms with Gasteiger partial charge < -0.3 is 36.4 Å². The van der Waals surface area contributed by atoms with Crippen molar-refractivity contribution in [1.29, 1.82) is 0 Å². The van der Waals surface area contributed by atoms with E-state index >= 15 is 0 Å². The Morgan fingerprint density at radius 3 is 1.67 bits per heavy atom. The Bertz CT molecular complexity index is 1150. The van der Waals surface area contributed by atoms with Gasteiger partial charge in [0.2, 0.25) is 23.5 Å². The first-order valence-electron chi connectivity index (χ1n) is 18.0. The molecule has 0 radical (unpaired) electrons. The van der Waals surface area contributed by atoms with Crippen molar-refractivity contribution >= 4 is 41.5 Å². The van der Waals surface area contributed by atoms with E-state index in [1.54, 1.807) is 0 Å². The molecule has 2 rings (SSSR count). The smallest absolute Gasteiger partial charge is 0.407 e. The van der Waals surface area contributed by atoms with Crippen LogP contribution in [0.25, 0.3) is 0 Å². The van der Waals surface area contributed by atoms with E-state index in [1.807, 2.05) is 41.5 Å². The normalized spacial score (nSPS) is 17.9. The molecule has 2 saturated carbocycles. The predicted octanol–water partition coefficient (Wildman–Crippen LogP) is 2.82. The maximum absolute atomic E-state index is 13.7. The highest BCUT2D eigenvalue weighted by molar-refractivity contribution is 6.38. The van der Waals surface area contributed by atoms with Gasteiger partial charge in [-0.15, -0.1) is 0 Å². The van der Waals surface area contributed by atoms with Crippen LogP contribution in [0.3, 0.4) is 0 Å². The Hall–Kier alpha value is -3.71. The van der Waals surface area contributed by atoms with Crippen LogP contribution < -0.4 is 26.6 Å². The summed E-state index contributed by atoms with van der Waals surface area (Å²) in [6, 6.07) is -4.30. The van der Waals surface area contributed by atoms with Crippen LogP contribution in [0.5, 0.6) is 0 Å². The highest BCUT2D eigenvalue weighted by Crippen LogP contribution is 2.28. The van der Waals surface area contributed by atoms with Crippen LogP contribution in [0.15, 0.2) is 0 Å². The molecule has 0 aromatic rings. The first kappa shape index (κ1) is 41.5. The van der Waals surface area contributed by atoms with Gasteiger partial charge in [0, 0.05) is 0 Å². The lowest BCUT2D eigenvalue weighted by Gasteiger charge is -2.31. The molecule has 0 heterocycles. The second-order valence-corrected chi connectivity index (χ2v) is 14.9. The molecule has 4 atom stereocenters. The lowest BCUT2D eigenvalue weighted by molar-refractivity contribution is -0.143. The average molecular weight is 694 g/mol. The van der Waals surface area contributed by atoms with Crippen LogP contribution in [0.1, 0.15) is 112 Å². The number of carbonyl (C=O) groups is 7. The first-order chi connectivity index (χ1) is 23.1. The molecule has 49 heavy (non-hydrogen) atoms. The van der Waals surface area contributed by atoms with Gasteiger partial charge in [0.15, 0.2) is 0 Å². The fraction of sp³-hybridized carbons (Fsp3) is 0.800. The van der Waals surface area contributed by atoms with Crippen molar-refractivity contribution < 1.29 is 43.4 Å². The number of hydrogen-bond acceptors (Lipinski definition) is 8. The molecule has 0 spiro atoms. The van der Waals surface area contributed by atoms with Gasteiger partial charge in [-0.05, 0) is 68.1 Å². The summed E-state index contributed by atoms with van der Waals surface area (Å²) in [4.78, 5) is 90.4. The highest BCUT2D eigenvalue weighted by Gasteiger charge is 2.36. The Kier molecular flexibility index (Phi) is 17.5. The van der Waals surface area contributed by atoms with Gasteiger partial charge in [0.05, 0.1) is 19.2 Å². The molecule has 0 aliphatic heterocycles. The van der Waals surface area contributed by atoms with Crippen LogP contribution in [0, 0.1) is 29.6 Å². The fourth-order valence-electron chi connectivity index (χ4n) is 6.52. The topological polar surface area (TPSA) is 209 Å². The number of rotatable bonds is 19. The van der Waals surface area contributed by atoms with Crippen molar-refractivity contribution in [3.63, 3.8) is 0 Å². The van der Waals surface area contributed by atoms with E-state index in [0.29, 0.717) is 12.8 Å². The summed E-state index contributed by atoms with van der Waals surface area (Å²) >= 11 is 0. The number of carboxylic acids is 1. The Morgan fingerprint density at radius 2 is 1.14 bits per heavy atom. The molecule has 5 amide bonds. The number of nitrogens with one attached hydrogen (secondary N) is 5. The molecule has 0 aromatic carbocycles. The third-order valence-corrected chi connectivity index (χ3v) is 8.99. The van der Waals surface area contributed by atoms with Crippen LogP contribution in [-0.2, 0) is 33.5 Å². The fourth-order valence-corrected chi connectivity index (χ4v) is 6.52. The minimum Gasteiger partial charge on any atom is -0.480 e. The summed E-state index contributed by atoms with van der Waals surface area (Å²) in [7, 11) is 0. The number of Topliss-reactive ketones (excluding diaryl/α,β-unsaturated/α-hetero) is 1. The predicted molar refractivity (Wildman–Crippen MR) is 182 cm³/mol. The molecule has 0 aromatic heterocycles. The number of aliphatic carboxylic acids is 1. The van der Waals surface area contributed by atoms with Crippen molar-refractivity contribution in [2.45, 2.75) is 136 Å². The molecule has 2 aliphatic rings. The maximum atomic E-state index is 13.7. The van der Waals surface area contributed by atoms with E-state index in [-0.39, 0.29) is 49.0 Å². The van der Waals surface area contributed by atoms with Gasteiger partial charge in [-0.1, -0.05) is 73.6 Å². The van der Waals surface area contributed by atoms with Gasteiger partial charge in [0.25, 0.3) is 5.91 Å². The third kappa shape index (κ3) is 14.7. The number of carbonyl (C=O) groups excluding carboxylic acids is 6. The molecular weight excluding hydrogens is 634 g/mol.